The van der Waals surface area contributed by atoms with Crippen LogP contribution in [-0.2, 0) is 12.0 Å². The van der Waals surface area contributed by atoms with Gasteiger partial charge in [-0.2, -0.15) is 5.26 Å². The highest BCUT2D eigenvalue weighted by Gasteiger charge is 2.24. The maximum absolute atomic E-state index is 14.9. The highest BCUT2D eigenvalue weighted by molar-refractivity contribution is 5.65. The Kier molecular flexibility index (Phi) is 7.63. The van der Waals surface area contributed by atoms with Gasteiger partial charge in [-0.25, -0.2) is 9.38 Å². The van der Waals surface area contributed by atoms with Crippen molar-refractivity contribution >= 4 is 11.9 Å². The summed E-state index contributed by atoms with van der Waals surface area (Å²) in [5.41, 5.74) is 1.24. The van der Waals surface area contributed by atoms with Crippen molar-refractivity contribution in [2.75, 3.05) is 5.32 Å². The number of hydrogen-bond acceptors (Lipinski definition) is 6. The molecule has 0 radical (unpaired) electrons. The summed E-state index contributed by atoms with van der Waals surface area (Å²) in [5, 5.41) is 32.8. The van der Waals surface area contributed by atoms with Crippen LogP contribution in [0, 0.1) is 24.1 Å². The summed E-state index contributed by atoms with van der Waals surface area (Å²) in [4.78, 5) is 4.10. The molecule has 0 bridgehead atoms. The van der Waals surface area contributed by atoms with Gasteiger partial charge in [0.25, 0.3) is 0 Å². The number of aliphatic imine (C=N–C) groups is 1. The van der Waals surface area contributed by atoms with Gasteiger partial charge in [0.2, 0.25) is 6.35 Å². The van der Waals surface area contributed by atoms with Crippen molar-refractivity contribution in [1.29, 1.82) is 5.26 Å². The molecule has 0 fully saturated rings. The third-order valence-electron chi connectivity index (χ3n) is 5.09. The lowest BCUT2D eigenvalue weighted by Crippen LogP contribution is -2.20. The molecule has 1 aromatic heterocycles. The van der Waals surface area contributed by atoms with Gasteiger partial charge in [-0.05, 0) is 50.3 Å². The minimum absolute atomic E-state index is 0.00765. The molecule has 1 atom stereocenters. The van der Waals surface area contributed by atoms with Gasteiger partial charge in [0.05, 0.1) is 11.2 Å². The average Bonchev–Trinajstić information content (AvgIpc) is 3.02. The van der Waals surface area contributed by atoms with Crippen molar-refractivity contribution in [1.82, 2.24) is 0 Å². The summed E-state index contributed by atoms with van der Waals surface area (Å²) in [5.74, 6) is 0.475. The molecule has 0 aliphatic carbocycles. The summed E-state index contributed by atoms with van der Waals surface area (Å²) in [6, 6.07) is 5.20. The van der Waals surface area contributed by atoms with E-state index in [1.54, 1.807) is 26.8 Å². The molecule has 1 heterocycles. The first-order chi connectivity index (χ1) is 14.4. The predicted molar refractivity (Wildman–Crippen MR) is 120 cm³/mol. The Hall–Kier alpha value is -2.69. The molecule has 6 nitrogen and oxygen atoms in total. The number of nitriles is 1. The molecule has 31 heavy (non-hydrogen) atoms. The van der Waals surface area contributed by atoms with Gasteiger partial charge >= 0.3 is 0 Å². The average molecular weight is 430 g/mol. The fraction of sp³-hybridized carbons (Fsp3) is 0.500. The van der Waals surface area contributed by atoms with Gasteiger partial charge in [0.1, 0.15) is 23.4 Å². The van der Waals surface area contributed by atoms with Crippen LogP contribution in [0.1, 0.15) is 87.2 Å². The molecule has 2 rings (SSSR count). The second kappa shape index (κ2) is 9.63. The molecule has 1 aromatic carbocycles. The van der Waals surface area contributed by atoms with E-state index < -0.39 is 17.8 Å². The number of nitrogens with one attached hydrogen (secondary N) is 1. The Morgan fingerprint density at radius 2 is 1.90 bits per heavy atom. The number of halogens is 1. The number of anilines is 1. The Morgan fingerprint density at radius 3 is 2.39 bits per heavy atom. The number of furan rings is 1. The summed E-state index contributed by atoms with van der Waals surface area (Å²) >= 11 is 0. The zero-order valence-electron chi connectivity index (χ0n) is 19.2. The van der Waals surface area contributed by atoms with Crippen LogP contribution in [0.4, 0.5) is 10.1 Å². The largest absolute Gasteiger partial charge is 0.466 e. The van der Waals surface area contributed by atoms with Crippen LogP contribution in [0.3, 0.4) is 0 Å². The van der Waals surface area contributed by atoms with Crippen molar-refractivity contribution in [3.8, 4) is 6.07 Å². The third-order valence-corrected chi connectivity index (χ3v) is 5.09. The molecule has 7 heteroatoms. The van der Waals surface area contributed by atoms with Gasteiger partial charge in [-0.1, -0.05) is 27.7 Å². The molecular weight excluding hydrogens is 397 g/mol. The number of aryl methyl sites for hydroxylation is 1. The van der Waals surface area contributed by atoms with Crippen LogP contribution in [0.15, 0.2) is 21.5 Å². The van der Waals surface area contributed by atoms with E-state index in [9.17, 15) is 19.9 Å². The van der Waals surface area contributed by atoms with E-state index in [0.717, 1.165) is 5.56 Å². The van der Waals surface area contributed by atoms with Crippen molar-refractivity contribution in [2.45, 2.75) is 78.7 Å². The number of hydrogen-bond donors (Lipinski definition) is 3. The highest BCUT2D eigenvalue weighted by Crippen LogP contribution is 2.36. The summed E-state index contributed by atoms with van der Waals surface area (Å²) < 4.78 is 20.5. The van der Waals surface area contributed by atoms with E-state index in [0.29, 0.717) is 34.8 Å². The van der Waals surface area contributed by atoms with Crippen LogP contribution in [-0.4, -0.2) is 22.8 Å². The normalized spacial score (nSPS) is 13.3. The van der Waals surface area contributed by atoms with Crippen molar-refractivity contribution in [3.05, 3.63) is 51.7 Å². The molecule has 0 saturated carbocycles. The first-order valence-corrected chi connectivity index (χ1v) is 10.4. The van der Waals surface area contributed by atoms with Crippen LogP contribution < -0.4 is 5.32 Å². The van der Waals surface area contributed by atoms with Crippen molar-refractivity contribution in [2.24, 2.45) is 4.99 Å². The predicted octanol–water partition coefficient (Wildman–Crippen LogP) is 5.07. The van der Waals surface area contributed by atoms with Gasteiger partial charge < -0.3 is 19.9 Å². The quantitative estimate of drug-likeness (QED) is 0.401. The van der Waals surface area contributed by atoms with E-state index in [4.69, 9.17) is 4.42 Å². The Balaban J connectivity index is 2.26. The molecule has 1 unspecified atom stereocenters. The minimum Gasteiger partial charge on any atom is -0.466 e. The van der Waals surface area contributed by atoms with E-state index in [2.05, 4.69) is 10.3 Å². The number of aliphatic hydroxyl groups excluding tert-OH is 1. The number of rotatable bonds is 8. The van der Waals surface area contributed by atoms with E-state index in [1.807, 2.05) is 33.8 Å². The number of benzene rings is 1. The molecule has 0 aliphatic rings. The first-order valence-electron chi connectivity index (χ1n) is 10.4. The Labute approximate surface area is 183 Å². The molecule has 168 valence electrons. The molecule has 0 saturated heterocycles. The molecule has 0 spiro atoms. The van der Waals surface area contributed by atoms with Crippen molar-refractivity contribution < 1.29 is 19.0 Å². The van der Waals surface area contributed by atoms with Gasteiger partial charge in [-0.15, -0.1) is 0 Å². The summed E-state index contributed by atoms with van der Waals surface area (Å²) in [7, 11) is 0. The van der Waals surface area contributed by atoms with Crippen molar-refractivity contribution in [3.63, 3.8) is 0 Å². The summed E-state index contributed by atoms with van der Waals surface area (Å²) in [6.07, 6.45) is 0.534. The monoisotopic (exact) mass is 429 g/mol. The van der Waals surface area contributed by atoms with Gasteiger partial charge in [-0.3, -0.25) is 0 Å². The third kappa shape index (κ3) is 5.72. The lowest BCUT2D eigenvalue weighted by molar-refractivity contribution is 0.0770. The molecule has 0 aliphatic heterocycles. The van der Waals surface area contributed by atoms with Gasteiger partial charge in [0, 0.05) is 29.4 Å². The topological polar surface area (TPSA) is 102 Å². The van der Waals surface area contributed by atoms with Crippen LogP contribution in [0.2, 0.25) is 0 Å². The van der Waals surface area contributed by atoms with Gasteiger partial charge in [0.15, 0.2) is 0 Å². The fourth-order valence-corrected chi connectivity index (χ4v) is 3.60. The Morgan fingerprint density at radius 1 is 1.26 bits per heavy atom. The SMILES string of the molecule is Cc1oc(CC=NC(O)Nc2c(C(C)C)cc(C#N)c(F)c2C(C)C)cc1C(C)(C)O. The zero-order chi connectivity index (χ0) is 23.5. The maximum atomic E-state index is 14.9. The van der Waals surface area contributed by atoms with E-state index >= 15 is 0 Å². The maximum Gasteiger partial charge on any atom is 0.222 e. The first kappa shape index (κ1) is 24.6. The number of nitrogens with zero attached hydrogens (tertiary/aromatic N) is 2. The second-order valence-electron chi connectivity index (χ2n) is 8.83. The lowest BCUT2D eigenvalue weighted by atomic mass is 9.90. The lowest BCUT2D eigenvalue weighted by Gasteiger charge is -2.23. The van der Waals surface area contributed by atoms with E-state index in [1.165, 1.54) is 12.3 Å². The van der Waals surface area contributed by atoms with Crippen LogP contribution in [0.25, 0.3) is 0 Å². The molecule has 0 amide bonds. The highest BCUT2D eigenvalue weighted by atomic mass is 19.1. The molecule has 3 N–H and O–H groups in total. The second-order valence-corrected chi connectivity index (χ2v) is 8.83. The zero-order valence-corrected chi connectivity index (χ0v) is 19.2. The molecular formula is C24H32FN3O3. The van der Waals surface area contributed by atoms with Crippen LogP contribution >= 0.6 is 0 Å². The van der Waals surface area contributed by atoms with E-state index in [-0.39, 0.29) is 17.4 Å². The minimum atomic E-state index is -1.30. The van der Waals surface area contributed by atoms with Crippen LogP contribution in [0.5, 0.6) is 0 Å². The Bertz CT molecular complexity index is 995. The molecule has 2 aromatic rings. The fourth-order valence-electron chi connectivity index (χ4n) is 3.60. The summed E-state index contributed by atoms with van der Waals surface area (Å²) in [6.45, 7) is 12.7. The smallest absolute Gasteiger partial charge is 0.222 e. The number of aliphatic hydroxyl groups is 2. The standard InChI is InChI=1S/C24H32FN3O3/c1-13(2)18-10-16(12-26)21(25)20(14(3)4)22(18)28-23(29)27-9-8-17-11-19(15(5)31-17)24(6,7)30/h9-11,13-14,23,28-30H,8H2,1-7H3.